The van der Waals surface area contributed by atoms with Crippen molar-refractivity contribution >= 4 is 35.4 Å². The fourth-order valence-electron chi connectivity index (χ4n) is 3.42. The van der Waals surface area contributed by atoms with Gasteiger partial charge in [-0.05, 0) is 38.0 Å². The van der Waals surface area contributed by atoms with Crippen molar-refractivity contribution in [1.29, 1.82) is 0 Å². The number of esters is 1. The molecule has 1 atom stereocenters. The Morgan fingerprint density at radius 1 is 1.10 bits per heavy atom. The van der Waals surface area contributed by atoms with Crippen molar-refractivity contribution in [2.75, 3.05) is 4.90 Å². The van der Waals surface area contributed by atoms with Crippen molar-refractivity contribution in [3.05, 3.63) is 29.8 Å². The summed E-state index contributed by atoms with van der Waals surface area (Å²) in [5.74, 6) is -2.21. The summed E-state index contributed by atoms with van der Waals surface area (Å²) < 4.78 is 5.12. The fraction of sp³-hybridized carbons (Fsp3) is 0.450. The van der Waals surface area contributed by atoms with Gasteiger partial charge >= 0.3 is 12.0 Å². The summed E-state index contributed by atoms with van der Waals surface area (Å²) in [5, 5.41) is 4.88. The molecule has 29 heavy (non-hydrogen) atoms. The molecule has 1 aromatic carbocycles. The number of amides is 5. The Labute approximate surface area is 167 Å². The minimum absolute atomic E-state index is 0.0550. The summed E-state index contributed by atoms with van der Waals surface area (Å²) in [5.41, 5.74) is 0.366. The van der Waals surface area contributed by atoms with Crippen LogP contribution in [0.3, 0.4) is 0 Å². The summed E-state index contributed by atoms with van der Waals surface area (Å²) in [6.07, 6.45) is 2.91. The molecule has 2 aliphatic rings. The van der Waals surface area contributed by atoms with Crippen molar-refractivity contribution in [1.82, 2.24) is 10.6 Å². The molecule has 2 N–H and O–H groups in total. The predicted molar refractivity (Wildman–Crippen MR) is 102 cm³/mol. The molecule has 0 bridgehead atoms. The van der Waals surface area contributed by atoms with Crippen LogP contribution in [0.15, 0.2) is 24.3 Å². The second kappa shape index (κ2) is 8.85. The quantitative estimate of drug-likeness (QED) is 0.572. The predicted octanol–water partition coefficient (Wildman–Crippen LogP) is 1.65. The second-order valence-electron chi connectivity index (χ2n) is 7.16. The normalized spacial score (nSPS) is 17.9. The summed E-state index contributed by atoms with van der Waals surface area (Å²) in [6, 6.07) is 5.32. The zero-order chi connectivity index (χ0) is 21.0. The Morgan fingerprint density at radius 2 is 1.76 bits per heavy atom. The van der Waals surface area contributed by atoms with Gasteiger partial charge in [0.1, 0.15) is 0 Å². The highest BCUT2D eigenvalue weighted by Crippen LogP contribution is 2.24. The first-order valence-electron chi connectivity index (χ1n) is 9.63. The number of hydrogen-bond acceptors (Lipinski definition) is 6. The van der Waals surface area contributed by atoms with E-state index in [2.05, 4.69) is 10.6 Å². The number of benzene rings is 1. The molecule has 5 amide bonds. The van der Waals surface area contributed by atoms with Crippen LogP contribution in [0.25, 0.3) is 0 Å². The highest BCUT2D eigenvalue weighted by Gasteiger charge is 2.31. The van der Waals surface area contributed by atoms with Crippen LogP contribution < -0.4 is 15.5 Å². The molecule has 1 aliphatic carbocycles. The van der Waals surface area contributed by atoms with E-state index in [1.54, 1.807) is 6.07 Å². The van der Waals surface area contributed by atoms with Crippen molar-refractivity contribution < 1.29 is 28.7 Å². The van der Waals surface area contributed by atoms with Gasteiger partial charge in [-0.1, -0.05) is 18.9 Å². The molecule has 0 unspecified atom stereocenters. The highest BCUT2D eigenvalue weighted by molar-refractivity contribution is 6.20. The SMILES string of the molecule is C[C@@H](OC(=O)c1cccc(N2C(=O)CCC2=O)c1)C(=O)NC(=O)NC1CCCC1. The molecule has 2 fully saturated rings. The van der Waals surface area contributed by atoms with Gasteiger partial charge in [0, 0.05) is 18.9 Å². The van der Waals surface area contributed by atoms with Crippen molar-refractivity contribution in [3.63, 3.8) is 0 Å². The lowest BCUT2D eigenvalue weighted by Crippen LogP contribution is -2.47. The van der Waals surface area contributed by atoms with Crippen molar-refractivity contribution in [3.8, 4) is 0 Å². The van der Waals surface area contributed by atoms with Crippen LogP contribution in [-0.2, 0) is 19.1 Å². The maximum absolute atomic E-state index is 12.4. The maximum Gasteiger partial charge on any atom is 0.338 e. The summed E-state index contributed by atoms with van der Waals surface area (Å²) in [4.78, 5) is 61.1. The fourth-order valence-corrected chi connectivity index (χ4v) is 3.42. The van der Waals surface area contributed by atoms with Crippen molar-refractivity contribution in [2.45, 2.75) is 57.6 Å². The largest absolute Gasteiger partial charge is 0.449 e. The average molecular weight is 401 g/mol. The van der Waals surface area contributed by atoms with E-state index in [-0.39, 0.29) is 41.9 Å². The minimum atomic E-state index is -1.20. The zero-order valence-corrected chi connectivity index (χ0v) is 16.1. The van der Waals surface area contributed by atoms with Gasteiger partial charge in [0.15, 0.2) is 6.10 Å². The van der Waals surface area contributed by atoms with E-state index in [1.807, 2.05) is 0 Å². The molecule has 9 nitrogen and oxygen atoms in total. The Bertz CT molecular complexity index is 830. The summed E-state index contributed by atoms with van der Waals surface area (Å²) in [7, 11) is 0. The molecule has 3 rings (SSSR count). The van der Waals surface area contributed by atoms with Crippen LogP contribution in [0.4, 0.5) is 10.5 Å². The summed E-state index contributed by atoms with van der Waals surface area (Å²) in [6.45, 7) is 1.35. The number of nitrogens with one attached hydrogen (secondary N) is 2. The van der Waals surface area contributed by atoms with Crippen molar-refractivity contribution in [2.24, 2.45) is 0 Å². The summed E-state index contributed by atoms with van der Waals surface area (Å²) >= 11 is 0. The zero-order valence-electron chi connectivity index (χ0n) is 16.1. The van der Waals surface area contributed by atoms with E-state index in [9.17, 15) is 24.0 Å². The first kappa shape index (κ1) is 20.5. The van der Waals surface area contributed by atoms with Gasteiger partial charge in [0.05, 0.1) is 11.3 Å². The number of nitrogens with zero attached hydrogens (tertiary/aromatic N) is 1. The van der Waals surface area contributed by atoms with E-state index in [1.165, 1.54) is 25.1 Å². The van der Waals surface area contributed by atoms with Gasteiger partial charge in [0.25, 0.3) is 5.91 Å². The number of carbonyl (C=O) groups excluding carboxylic acids is 5. The third kappa shape index (κ3) is 4.98. The van der Waals surface area contributed by atoms with E-state index in [0.29, 0.717) is 0 Å². The number of imide groups is 2. The van der Waals surface area contributed by atoms with Gasteiger partial charge in [-0.25, -0.2) is 9.59 Å². The van der Waals surface area contributed by atoms with E-state index >= 15 is 0 Å². The molecule has 1 aromatic rings. The molecular weight excluding hydrogens is 378 g/mol. The first-order valence-corrected chi connectivity index (χ1v) is 9.63. The van der Waals surface area contributed by atoms with E-state index in [0.717, 1.165) is 30.6 Å². The monoisotopic (exact) mass is 401 g/mol. The number of hydrogen-bond donors (Lipinski definition) is 2. The molecule has 1 aliphatic heterocycles. The smallest absolute Gasteiger partial charge is 0.338 e. The number of urea groups is 1. The van der Waals surface area contributed by atoms with Crippen LogP contribution >= 0.6 is 0 Å². The standard InChI is InChI=1S/C20H23N3O6/c1-12(18(26)22-20(28)21-14-6-2-3-7-14)29-19(27)13-5-4-8-15(11-13)23-16(24)9-10-17(23)25/h4-5,8,11-12,14H,2-3,6-7,9-10H2,1H3,(H2,21,22,26,28)/t12-/m1/s1. The van der Waals surface area contributed by atoms with Crippen LogP contribution in [0, 0.1) is 0 Å². The number of carbonyl (C=O) groups is 5. The minimum Gasteiger partial charge on any atom is -0.449 e. The third-order valence-electron chi connectivity index (χ3n) is 4.97. The third-order valence-corrected chi connectivity index (χ3v) is 4.97. The number of anilines is 1. The Balaban J connectivity index is 1.57. The van der Waals surface area contributed by atoms with Crippen LogP contribution in [0.1, 0.15) is 55.8 Å². The van der Waals surface area contributed by atoms with Gasteiger partial charge in [-0.15, -0.1) is 0 Å². The molecule has 1 saturated carbocycles. The molecular formula is C20H23N3O6. The first-order chi connectivity index (χ1) is 13.8. The Kier molecular flexibility index (Phi) is 6.26. The van der Waals surface area contributed by atoms with Gasteiger partial charge in [-0.2, -0.15) is 0 Å². The topological polar surface area (TPSA) is 122 Å². The lowest BCUT2D eigenvalue weighted by atomic mass is 10.2. The van der Waals surface area contributed by atoms with Crippen LogP contribution in [0.5, 0.6) is 0 Å². The molecule has 0 spiro atoms. The maximum atomic E-state index is 12.4. The lowest BCUT2D eigenvalue weighted by molar-refractivity contribution is -0.128. The van der Waals surface area contributed by atoms with E-state index < -0.39 is 24.0 Å². The van der Waals surface area contributed by atoms with Gasteiger partial charge in [-0.3, -0.25) is 24.6 Å². The Hall–Kier alpha value is -3.23. The Morgan fingerprint density at radius 3 is 2.41 bits per heavy atom. The second-order valence-corrected chi connectivity index (χ2v) is 7.16. The van der Waals surface area contributed by atoms with Crippen LogP contribution in [-0.4, -0.2) is 41.9 Å². The van der Waals surface area contributed by atoms with Gasteiger partial charge < -0.3 is 10.1 Å². The van der Waals surface area contributed by atoms with E-state index in [4.69, 9.17) is 4.74 Å². The van der Waals surface area contributed by atoms with Gasteiger partial charge in [0.2, 0.25) is 11.8 Å². The average Bonchev–Trinajstić information content (AvgIpc) is 3.31. The number of rotatable bonds is 5. The molecule has 0 radical (unpaired) electrons. The molecule has 1 heterocycles. The lowest BCUT2D eigenvalue weighted by Gasteiger charge is -2.17. The molecule has 1 saturated heterocycles. The number of ether oxygens (including phenoxy) is 1. The molecule has 0 aromatic heterocycles. The van der Waals surface area contributed by atoms with Crippen LogP contribution in [0.2, 0.25) is 0 Å². The molecule has 154 valence electrons. The molecule has 9 heteroatoms. The highest BCUT2D eigenvalue weighted by atomic mass is 16.5.